The standard InChI is InChI=1S/C11H20O.Ac/c1-9-5-4-7-11(2,3)10(9)6-8-12;/h12H,4-8H2,1-3H3;. The maximum atomic E-state index is 8.93. The molecule has 1 rings (SSSR count). The van der Waals surface area contributed by atoms with E-state index in [0.29, 0.717) is 12.0 Å². The number of aliphatic hydroxyl groups is 1. The van der Waals surface area contributed by atoms with E-state index in [0.717, 1.165) is 6.42 Å². The van der Waals surface area contributed by atoms with Gasteiger partial charge in [0, 0.05) is 50.7 Å². The van der Waals surface area contributed by atoms with Crippen LogP contribution >= 0.6 is 0 Å². The molecule has 0 fully saturated rings. The van der Waals surface area contributed by atoms with Gasteiger partial charge in [-0.15, -0.1) is 0 Å². The zero-order valence-electron chi connectivity index (χ0n) is 9.06. The molecule has 0 aromatic heterocycles. The molecule has 0 heterocycles. The zero-order valence-corrected chi connectivity index (χ0v) is 13.8. The van der Waals surface area contributed by atoms with Gasteiger partial charge in [0.15, 0.2) is 0 Å². The molecular formula is C11H20AcO. The fourth-order valence-electron chi connectivity index (χ4n) is 2.34. The van der Waals surface area contributed by atoms with Crippen LogP contribution in [0.25, 0.3) is 0 Å². The molecule has 0 spiro atoms. The monoisotopic (exact) mass is 395 g/mol. The van der Waals surface area contributed by atoms with Crippen LogP contribution in [0.3, 0.4) is 0 Å². The summed E-state index contributed by atoms with van der Waals surface area (Å²) in [5.74, 6) is 0. The topological polar surface area (TPSA) is 20.2 Å². The Morgan fingerprint density at radius 2 is 2.00 bits per heavy atom. The molecule has 0 aromatic carbocycles. The summed E-state index contributed by atoms with van der Waals surface area (Å²) in [7, 11) is 0. The molecule has 0 aliphatic heterocycles. The van der Waals surface area contributed by atoms with Crippen LogP contribution in [0.4, 0.5) is 0 Å². The minimum atomic E-state index is 0. The third kappa shape index (κ3) is 3.65. The van der Waals surface area contributed by atoms with Gasteiger partial charge >= 0.3 is 0 Å². The van der Waals surface area contributed by atoms with E-state index in [9.17, 15) is 0 Å². The van der Waals surface area contributed by atoms with Crippen molar-refractivity contribution in [2.45, 2.75) is 46.5 Å². The number of hydrogen-bond donors (Lipinski definition) is 1. The Balaban J connectivity index is 0.00000144. The molecule has 0 unspecified atom stereocenters. The molecule has 1 aliphatic carbocycles. The zero-order chi connectivity index (χ0) is 9.19. The quantitative estimate of drug-likeness (QED) is 0.713. The van der Waals surface area contributed by atoms with Crippen LogP contribution in [0.1, 0.15) is 46.5 Å². The SMILES string of the molecule is CC1=C(CCO)C(C)(C)CCC1.[Ac]. The fourth-order valence-corrected chi connectivity index (χ4v) is 2.34. The molecule has 0 bridgehead atoms. The van der Waals surface area contributed by atoms with E-state index in [1.807, 2.05) is 0 Å². The molecule has 0 aromatic rings. The van der Waals surface area contributed by atoms with Gasteiger partial charge in [-0.1, -0.05) is 25.0 Å². The van der Waals surface area contributed by atoms with E-state index in [1.165, 1.54) is 30.4 Å². The molecule has 13 heavy (non-hydrogen) atoms. The molecule has 0 saturated carbocycles. The molecule has 0 saturated heterocycles. The number of allylic oxidation sites excluding steroid dienone is 1. The Morgan fingerprint density at radius 3 is 2.46 bits per heavy atom. The molecule has 73 valence electrons. The Morgan fingerprint density at radius 1 is 1.38 bits per heavy atom. The minimum Gasteiger partial charge on any atom is -0.396 e. The average Bonchev–Trinajstić information content (AvgIpc) is 1.97. The summed E-state index contributed by atoms with van der Waals surface area (Å²) >= 11 is 0. The second-order valence-corrected chi connectivity index (χ2v) is 4.47. The van der Waals surface area contributed by atoms with E-state index < -0.39 is 0 Å². The van der Waals surface area contributed by atoms with E-state index >= 15 is 0 Å². The van der Waals surface area contributed by atoms with Gasteiger partial charge in [-0.2, -0.15) is 0 Å². The summed E-state index contributed by atoms with van der Waals surface area (Å²) in [5.41, 5.74) is 3.35. The first-order valence-corrected chi connectivity index (χ1v) is 4.88. The van der Waals surface area contributed by atoms with Crippen LogP contribution in [0.15, 0.2) is 11.1 Å². The first-order valence-electron chi connectivity index (χ1n) is 4.88. The summed E-state index contributed by atoms with van der Waals surface area (Å²) in [6.45, 7) is 7.10. The Hall–Kier alpha value is 1.14. The van der Waals surface area contributed by atoms with E-state index in [-0.39, 0.29) is 44.1 Å². The van der Waals surface area contributed by atoms with Crippen molar-refractivity contribution in [3.8, 4) is 0 Å². The van der Waals surface area contributed by atoms with Crippen LogP contribution in [0.5, 0.6) is 0 Å². The first kappa shape index (κ1) is 14.1. The first-order chi connectivity index (χ1) is 5.58. The van der Waals surface area contributed by atoms with Gasteiger partial charge in [0.1, 0.15) is 0 Å². The molecule has 1 N–H and O–H groups in total. The van der Waals surface area contributed by atoms with E-state index in [4.69, 9.17) is 5.11 Å². The molecule has 1 aliphatic rings. The maximum absolute atomic E-state index is 8.93. The van der Waals surface area contributed by atoms with Gasteiger partial charge in [-0.05, 0) is 38.0 Å². The van der Waals surface area contributed by atoms with Crippen molar-refractivity contribution in [3.05, 3.63) is 11.1 Å². The van der Waals surface area contributed by atoms with Crippen LogP contribution in [-0.4, -0.2) is 11.7 Å². The molecular weight excluding hydrogens is 375 g/mol. The third-order valence-electron chi connectivity index (χ3n) is 3.05. The summed E-state index contributed by atoms with van der Waals surface area (Å²) in [6.07, 6.45) is 4.70. The molecule has 1 radical (unpaired) electrons. The second-order valence-electron chi connectivity index (χ2n) is 4.47. The van der Waals surface area contributed by atoms with Gasteiger partial charge in [0.05, 0.1) is 0 Å². The molecule has 1 nitrogen and oxygen atoms in total. The third-order valence-corrected chi connectivity index (χ3v) is 3.05. The maximum Gasteiger partial charge on any atom is 0.0468 e. The predicted octanol–water partition coefficient (Wildman–Crippen LogP) is 2.90. The largest absolute Gasteiger partial charge is 0.396 e. The summed E-state index contributed by atoms with van der Waals surface area (Å²) in [4.78, 5) is 0. The van der Waals surface area contributed by atoms with Crippen molar-refractivity contribution >= 4 is 0 Å². The van der Waals surface area contributed by atoms with Crippen molar-refractivity contribution in [3.63, 3.8) is 0 Å². The van der Waals surface area contributed by atoms with Crippen molar-refractivity contribution < 1.29 is 49.2 Å². The smallest absolute Gasteiger partial charge is 0.0468 e. The Labute approximate surface area is 118 Å². The molecule has 0 amide bonds. The number of rotatable bonds is 2. The van der Waals surface area contributed by atoms with Crippen molar-refractivity contribution in [1.82, 2.24) is 0 Å². The second kappa shape index (κ2) is 5.89. The van der Waals surface area contributed by atoms with Gasteiger partial charge in [0.25, 0.3) is 0 Å². The van der Waals surface area contributed by atoms with Gasteiger partial charge < -0.3 is 5.11 Å². The van der Waals surface area contributed by atoms with Crippen molar-refractivity contribution in [2.75, 3.05) is 6.61 Å². The van der Waals surface area contributed by atoms with Crippen molar-refractivity contribution in [2.24, 2.45) is 5.41 Å². The molecule has 2 heteroatoms. The molecule has 0 atom stereocenters. The summed E-state index contributed by atoms with van der Waals surface area (Å²) < 4.78 is 0. The summed E-state index contributed by atoms with van der Waals surface area (Å²) in [6, 6.07) is 0. The normalized spacial score (nSPS) is 21.2. The van der Waals surface area contributed by atoms with Crippen molar-refractivity contribution in [1.29, 1.82) is 0 Å². The van der Waals surface area contributed by atoms with Gasteiger partial charge in [-0.25, -0.2) is 0 Å². The van der Waals surface area contributed by atoms with Gasteiger partial charge in [0.2, 0.25) is 0 Å². The average molecular weight is 395 g/mol. The van der Waals surface area contributed by atoms with Gasteiger partial charge in [-0.3, -0.25) is 0 Å². The van der Waals surface area contributed by atoms with Crippen LogP contribution in [0.2, 0.25) is 0 Å². The van der Waals surface area contributed by atoms with E-state index in [1.54, 1.807) is 0 Å². The summed E-state index contributed by atoms with van der Waals surface area (Å²) in [5, 5.41) is 8.93. The predicted molar refractivity (Wildman–Crippen MR) is 52.0 cm³/mol. The van der Waals surface area contributed by atoms with Crippen LogP contribution < -0.4 is 0 Å². The minimum absolute atomic E-state index is 0. The number of hydrogen-bond acceptors (Lipinski definition) is 1. The Kier molecular flexibility index (Phi) is 6.40. The van der Waals surface area contributed by atoms with Crippen LogP contribution in [-0.2, 0) is 0 Å². The van der Waals surface area contributed by atoms with Crippen LogP contribution in [0, 0.1) is 49.5 Å². The van der Waals surface area contributed by atoms with E-state index in [2.05, 4.69) is 20.8 Å². The number of aliphatic hydroxyl groups excluding tert-OH is 1. The Bertz CT molecular complexity index is 194. The fraction of sp³-hybridized carbons (Fsp3) is 0.818.